The SMILES string of the molecule is Cc1cc(C)nc(SCC(=O)Nc2sc3c(c2C(=O)c2ccc(Cl)cc2)CCCC3)n1. The standard InChI is InChI=1S/C23H22ClN3O2S2/c1-13-11-14(2)26-23(25-13)30-12-19(28)27-22-20(17-5-3-4-6-18(17)31-22)21(29)15-7-9-16(24)10-8-15/h7-11H,3-6,12H2,1-2H3,(H,27,28). The Kier molecular flexibility index (Phi) is 6.74. The van der Waals surface area contributed by atoms with Crippen LogP contribution in [-0.2, 0) is 17.6 Å². The van der Waals surface area contributed by atoms with E-state index in [-0.39, 0.29) is 17.4 Å². The first kappa shape index (κ1) is 22.0. The summed E-state index contributed by atoms with van der Waals surface area (Å²) in [7, 11) is 0. The summed E-state index contributed by atoms with van der Waals surface area (Å²) in [6, 6.07) is 8.79. The summed E-state index contributed by atoms with van der Waals surface area (Å²) >= 11 is 8.80. The van der Waals surface area contributed by atoms with Crippen LogP contribution in [0.15, 0.2) is 35.5 Å². The highest BCUT2D eigenvalue weighted by molar-refractivity contribution is 7.99. The number of carbonyl (C=O) groups is 2. The maximum atomic E-state index is 13.3. The van der Waals surface area contributed by atoms with Gasteiger partial charge in [-0.25, -0.2) is 9.97 Å². The molecule has 0 fully saturated rings. The van der Waals surface area contributed by atoms with Crippen LogP contribution in [0, 0.1) is 13.8 Å². The fourth-order valence-electron chi connectivity index (χ4n) is 3.69. The van der Waals surface area contributed by atoms with Gasteiger partial charge in [-0.1, -0.05) is 23.4 Å². The van der Waals surface area contributed by atoms with E-state index in [2.05, 4.69) is 15.3 Å². The molecule has 1 aliphatic rings. The maximum Gasteiger partial charge on any atom is 0.235 e. The van der Waals surface area contributed by atoms with E-state index in [9.17, 15) is 9.59 Å². The lowest BCUT2D eigenvalue weighted by atomic mass is 9.92. The normalized spacial score (nSPS) is 13.0. The van der Waals surface area contributed by atoms with Crippen molar-refractivity contribution in [3.8, 4) is 0 Å². The number of fused-ring (bicyclic) bond motifs is 1. The van der Waals surface area contributed by atoms with Crippen LogP contribution in [-0.4, -0.2) is 27.4 Å². The second-order valence-electron chi connectivity index (χ2n) is 7.52. The van der Waals surface area contributed by atoms with Crippen molar-refractivity contribution in [3.05, 3.63) is 68.3 Å². The van der Waals surface area contributed by atoms with Crippen LogP contribution in [0.5, 0.6) is 0 Å². The van der Waals surface area contributed by atoms with E-state index in [4.69, 9.17) is 11.6 Å². The molecule has 0 aliphatic heterocycles. The molecule has 1 amide bonds. The molecule has 1 N–H and O–H groups in total. The van der Waals surface area contributed by atoms with Crippen LogP contribution in [0.4, 0.5) is 5.00 Å². The van der Waals surface area contributed by atoms with Gasteiger partial charge in [0, 0.05) is 26.9 Å². The number of aromatic nitrogens is 2. The number of rotatable bonds is 6. The van der Waals surface area contributed by atoms with Crippen LogP contribution >= 0.6 is 34.7 Å². The number of carbonyl (C=O) groups excluding carboxylic acids is 2. The molecule has 0 atom stereocenters. The molecular formula is C23H22ClN3O2S2. The van der Waals surface area contributed by atoms with Gasteiger partial charge < -0.3 is 5.32 Å². The Morgan fingerprint density at radius 3 is 2.48 bits per heavy atom. The highest BCUT2D eigenvalue weighted by Crippen LogP contribution is 2.39. The first-order chi connectivity index (χ1) is 14.9. The van der Waals surface area contributed by atoms with Crippen LogP contribution in [0.2, 0.25) is 5.02 Å². The molecule has 4 rings (SSSR count). The van der Waals surface area contributed by atoms with Gasteiger partial charge in [-0.05, 0) is 75.4 Å². The van der Waals surface area contributed by atoms with Gasteiger partial charge >= 0.3 is 0 Å². The minimum atomic E-state index is -0.170. The van der Waals surface area contributed by atoms with Crippen molar-refractivity contribution in [2.75, 3.05) is 11.1 Å². The number of thioether (sulfide) groups is 1. The fourth-order valence-corrected chi connectivity index (χ4v) is 5.87. The highest BCUT2D eigenvalue weighted by Gasteiger charge is 2.27. The Balaban J connectivity index is 1.56. The smallest absolute Gasteiger partial charge is 0.235 e. The number of amides is 1. The lowest BCUT2D eigenvalue weighted by Crippen LogP contribution is -2.16. The molecule has 2 aromatic heterocycles. The third-order valence-electron chi connectivity index (χ3n) is 5.05. The molecular weight excluding hydrogens is 450 g/mol. The quantitative estimate of drug-likeness (QED) is 0.286. The molecule has 0 radical (unpaired) electrons. The average Bonchev–Trinajstić information content (AvgIpc) is 3.09. The van der Waals surface area contributed by atoms with Crippen molar-refractivity contribution < 1.29 is 9.59 Å². The Morgan fingerprint density at radius 2 is 1.77 bits per heavy atom. The summed E-state index contributed by atoms with van der Waals surface area (Å²) < 4.78 is 0. The fraction of sp³-hybridized carbons (Fsp3) is 0.304. The number of halogens is 1. The monoisotopic (exact) mass is 471 g/mol. The predicted molar refractivity (Wildman–Crippen MR) is 127 cm³/mol. The highest BCUT2D eigenvalue weighted by atomic mass is 35.5. The molecule has 1 aromatic carbocycles. The molecule has 0 saturated heterocycles. The first-order valence-corrected chi connectivity index (χ1v) is 12.3. The number of hydrogen-bond acceptors (Lipinski definition) is 6. The number of ketones is 1. The number of aryl methyl sites for hydroxylation is 3. The summed E-state index contributed by atoms with van der Waals surface area (Å²) in [5, 5.41) is 4.79. The van der Waals surface area contributed by atoms with Crippen molar-refractivity contribution in [2.45, 2.75) is 44.7 Å². The van der Waals surface area contributed by atoms with Crippen LogP contribution in [0.25, 0.3) is 0 Å². The predicted octanol–water partition coefficient (Wildman–Crippen LogP) is 5.65. The number of thiophene rings is 1. The summed E-state index contributed by atoms with van der Waals surface area (Å²) in [5.41, 5.74) is 4.03. The van der Waals surface area contributed by atoms with Gasteiger partial charge in [0.1, 0.15) is 5.00 Å². The zero-order chi connectivity index (χ0) is 22.0. The maximum absolute atomic E-state index is 13.3. The molecule has 1 aliphatic carbocycles. The molecule has 8 heteroatoms. The summed E-state index contributed by atoms with van der Waals surface area (Å²) in [6.07, 6.45) is 3.97. The van der Waals surface area contributed by atoms with Crippen molar-refractivity contribution >= 4 is 51.4 Å². The largest absolute Gasteiger partial charge is 0.316 e. The van der Waals surface area contributed by atoms with Crippen molar-refractivity contribution in [1.29, 1.82) is 0 Å². The Hall–Kier alpha value is -2.22. The first-order valence-electron chi connectivity index (χ1n) is 10.1. The van der Waals surface area contributed by atoms with Gasteiger partial charge in [0.05, 0.1) is 11.3 Å². The number of nitrogens with one attached hydrogen (secondary N) is 1. The van der Waals surface area contributed by atoms with Crippen LogP contribution in [0.3, 0.4) is 0 Å². The van der Waals surface area contributed by atoms with Crippen molar-refractivity contribution in [3.63, 3.8) is 0 Å². The summed E-state index contributed by atoms with van der Waals surface area (Å²) in [6.45, 7) is 3.81. The van der Waals surface area contributed by atoms with E-state index in [0.29, 0.717) is 26.3 Å². The van der Waals surface area contributed by atoms with Crippen LogP contribution < -0.4 is 5.32 Å². The number of hydrogen-bond donors (Lipinski definition) is 1. The lowest BCUT2D eigenvalue weighted by molar-refractivity contribution is -0.113. The minimum absolute atomic E-state index is 0.0725. The molecule has 0 saturated carbocycles. The van der Waals surface area contributed by atoms with Crippen molar-refractivity contribution in [2.24, 2.45) is 0 Å². The Morgan fingerprint density at radius 1 is 1.10 bits per heavy atom. The Bertz CT molecular complexity index is 1120. The van der Waals surface area contributed by atoms with E-state index in [0.717, 1.165) is 42.6 Å². The molecule has 0 bridgehead atoms. The van der Waals surface area contributed by atoms with Gasteiger partial charge in [-0.3, -0.25) is 9.59 Å². The van der Waals surface area contributed by atoms with E-state index < -0.39 is 0 Å². The van der Waals surface area contributed by atoms with E-state index in [1.165, 1.54) is 28.0 Å². The Labute approximate surface area is 194 Å². The van der Waals surface area contributed by atoms with E-state index in [1.807, 2.05) is 19.9 Å². The van der Waals surface area contributed by atoms with Gasteiger partial charge in [0.25, 0.3) is 0 Å². The topological polar surface area (TPSA) is 72.0 Å². The van der Waals surface area contributed by atoms with Gasteiger partial charge in [0.2, 0.25) is 5.91 Å². The molecule has 3 aromatic rings. The van der Waals surface area contributed by atoms with Crippen LogP contribution in [0.1, 0.15) is 50.6 Å². The molecule has 2 heterocycles. The number of anilines is 1. The van der Waals surface area contributed by atoms with Gasteiger partial charge in [-0.15, -0.1) is 11.3 Å². The zero-order valence-electron chi connectivity index (χ0n) is 17.3. The molecule has 160 valence electrons. The van der Waals surface area contributed by atoms with E-state index in [1.54, 1.807) is 24.3 Å². The summed E-state index contributed by atoms with van der Waals surface area (Å²) in [5.74, 6) is -0.0618. The van der Waals surface area contributed by atoms with Gasteiger partial charge in [-0.2, -0.15) is 0 Å². The van der Waals surface area contributed by atoms with E-state index >= 15 is 0 Å². The molecule has 31 heavy (non-hydrogen) atoms. The zero-order valence-corrected chi connectivity index (χ0v) is 19.7. The number of benzene rings is 1. The van der Waals surface area contributed by atoms with Gasteiger partial charge in [0.15, 0.2) is 10.9 Å². The molecule has 5 nitrogen and oxygen atoms in total. The minimum Gasteiger partial charge on any atom is -0.316 e. The number of nitrogens with zero attached hydrogens (tertiary/aromatic N) is 2. The van der Waals surface area contributed by atoms with Crippen molar-refractivity contribution in [1.82, 2.24) is 9.97 Å². The molecule has 0 spiro atoms. The second kappa shape index (κ2) is 9.51. The molecule has 0 unspecified atom stereocenters. The lowest BCUT2D eigenvalue weighted by Gasteiger charge is -2.12. The average molecular weight is 472 g/mol. The third kappa shape index (κ3) is 5.17. The second-order valence-corrected chi connectivity index (χ2v) is 10.0. The third-order valence-corrected chi connectivity index (χ3v) is 7.36. The summed E-state index contributed by atoms with van der Waals surface area (Å²) in [4.78, 5) is 36.0.